The van der Waals surface area contributed by atoms with Crippen molar-refractivity contribution in [1.29, 1.82) is 0 Å². The molecule has 4 rings (SSSR count). The standard InChI is InChI=1S/C22H23N3O2/c1-3-4-10-17-14(2)20(24-25-21(17)26)16-11-12-18-19(13-16)27-22(23-18)15-8-6-5-7-9-15/h5-9,11-14,17H,3-4,10H2,1-2H3,(H,25,26)/t14-,17?/m0/s1. The lowest BCUT2D eigenvalue weighted by Crippen LogP contribution is -2.41. The Labute approximate surface area is 158 Å². The number of carbonyl (C=O) groups excluding carboxylic acids is 1. The van der Waals surface area contributed by atoms with E-state index >= 15 is 0 Å². The zero-order chi connectivity index (χ0) is 18.8. The fourth-order valence-corrected chi connectivity index (χ4v) is 3.64. The Balaban J connectivity index is 1.66. The molecule has 0 saturated heterocycles. The number of hydrogen-bond acceptors (Lipinski definition) is 4. The van der Waals surface area contributed by atoms with Crippen LogP contribution in [0.1, 0.15) is 38.7 Å². The van der Waals surface area contributed by atoms with Gasteiger partial charge >= 0.3 is 0 Å². The number of benzene rings is 2. The number of nitrogens with zero attached hydrogens (tertiary/aromatic N) is 2. The topological polar surface area (TPSA) is 67.5 Å². The van der Waals surface area contributed by atoms with Gasteiger partial charge in [-0.25, -0.2) is 10.4 Å². The third-order valence-corrected chi connectivity index (χ3v) is 5.23. The lowest BCUT2D eigenvalue weighted by Gasteiger charge is -2.28. The van der Waals surface area contributed by atoms with Crippen LogP contribution in [0, 0.1) is 11.8 Å². The van der Waals surface area contributed by atoms with Crippen LogP contribution in [0.5, 0.6) is 0 Å². The Hall–Kier alpha value is -2.95. The van der Waals surface area contributed by atoms with Crippen LogP contribution in [-0.4, -0.2) is 16.6 Å². The van der Waals surface area contributed by atoms with E-state index in [1.807, 2.05) is 48.5 Å². The molecule has 0 saturated carbocycles. The van der Waals surface area contributed by atoms with Crippen LogP contribution >= 0.6 is 0 Å². The predicted octanol–water partition coefficient (Wildman–Crippen LogP) is 4.77. The number of carbonyl (C=O) groups is 1. The van der Waals surface area contributed by atoms with Gasteiger partial charge < -0.3 is 4.42 Å². The molecule has 0 radical (unpaired) electrons. The van der Waals surface area contributed by atoms with E-state index in [0.29, 0.717) is 5.89 Å². The highest BCUT2D eigenvalue weighted by atomic mass is 16.3. The first-order chi connectivity index (χ1) is 13.2. The first-order valence-electron chi connectivity index (χ1n) is 9.51. The molecule has 1 aliphatic heterocycles. The van der Waals surface area contributed by atoms with E-state index in [9.17, 15) is 4.79 Å². The molecule has 0 spiro atoms. The van der Waals surface area contributed by atoms with Gasteiger partial charge in [-0.3, -0.25) is 4.79 Å². The number of rotatable bonds is 5. The Morgan fingerprint density at radius 3 is 2.70 bits per heavy atom. The average Bonchev–Trinajstić information content (AvgIpc) is 3.12. The van der Waals surface area contributed by atoms with Crippen molar-refractivity contribution >= 4 is 22.7 Å². The van der Waals surface area contributed by atoms with E-state index < -0.39 is 0 Å². The zero-order valence-corrected chi connectivity index (χ0v) is 15.6. The van der Waals surface area contributed by atoms with Gasteiger partial charge in [-0.2, -0.15) is 5.10 Å². The van der Waals surface area contributed by atoms with Crippen LogP contribution in [0.3, 0.4) is 0 Å². The van der Waals surface area contributed by atoms with E-state index in [0.717, 1.165) is 47.2 Å². The van der Waals surface area contributed by atoms with Crippen LogP contribution in [0.25, 0.3) is 22.6 Å². The van der Waals surface area contributed by atoms with Gasteiger partial charge in [-0.15, -0.1) is 0 Å². The molecule has 0 fully saturated rings. The molecule has 5 heteroatoms. The summed E-state index contributed by atoms with van der Waals surface area (Å²) in [6.45, 7) is 4.22. The van der Waals surface area contributed by atoms with Crippen LogP contribution in [0.2, 0.25) is 0 Å². The first-order valence-corrected chi connectivity index (χ1v) is 9.51. The number of unbranched alkanes of at least 4 members (excludes halogenated alkanes) is 1. The summed E-state index contributed by atoms with van der Waals surface area (Å²) in [4.78, 5) is 16.8. The quantitative estimate of drug-likeness (QED) is 0.712. The van der Waals surface area contributed by atoms with Crippen molar-refractivity contribution in [1.82, 2.24) is 10.4 Å². The predicted molar refractivity (Wildman–Crippen MR) is 106 cm³/mol. The molecule has 3 aromatic rings. The highest BCUT2D eigenvalue weighted by Gasteiger charge is 2.32. The minimum absolute atomic E-state index is 0.0202. The zero-order valence-electron chi connectivity index (χ0n) is 15.6. The number of nitrogens with one attached hydrogen (secondary N) is 1. The molecule has 5 nitrogen and oxygen atoms in total. The maximum Gasteiger partial charge on any atom is 0.243 e. The van der Waals surface area contributed by atoms with Crippen molar-refractivity contribution in [2.75, 3.05) is 0 Å². The van der Waals surface area contributed by atoms with Crippen molar-refractivity contribution in [2.45, 2.75) is 33.1 Å². The van der Waals surface area contributed by atoms with Crippen LogP contribution in [-0.2, 0) is 4.79 Å². The van der Waals surface area contributed by atoms with E-state index in [-0.39, 0.29) is 17.7 Å². The summed E-state index contributed by atoms with van der Waals surface area (Å²) in [6.07, 6.45) is 3.00. The van der Waals surface area contributed by atoms with Crippen molar-refractivity contribution < 1.29 is 9.21 Å². The highest BCUT2D eigenvalue weighted by molar-refractivity contribution is 6.07. The summed E-state index contributed by atoms with van der Waals surface area (Å²) in [6, 6.07) is 15.8. The fourth-order valence-electron chi connectivity index (χ4n) is 3.64. The maximum absolute atomic E-state index is 12.2. The summed E-state index contributed by atoms with van der Waals surface area (Å²) in [5.74, 6) is 0.657. The summed E-state index contributed by atoms with van der Waals surface area (Å²) >= 11 is 0. The van der Waals surface area contributed by atoms with Crippen molar-refractivity contribution in [2.24, 2.45) is 16.9 Å². The Kier molecular flexibility index (Phi) is 4.75. The number of oxazole rings is 1. The maximum atomic E-state index is 12.2. The van der Waals surface area contributed by atoms with Gasteiger partial charge in [0.1, 0.15) is 5.52 Å². The summed E-state index contributed by atoms with van der Waals surface area (Å²) < 4.78 is 5.98. The van der Waals surface area contributed by atoms with Gasteiger partial charge in [0.15, 0.2) is 5.58 Å². The molecule has 2 atom stereocenters. The molecule has 1 amide bonds. The molecule has 2 aromatic carbocycles. The minimum atomic E-state index is -0.0391. The van der Waals surface area contributed by atoms with Gasteiger partial charge in [-0.1, -0.05) is 51.0 Å². The van der Waals surface area contributed by atoms with Crippen LogP contribution < -0.4 is 5.43 Å². The molecule has 2 heterocycles. The molecule has 1 unspecified atom stereocenters. The molecule has 1 aliphatic rings. The number of amides is 1. The first kappa shape index (κ1) is 17.5. The molecule has 1 aromatic heterocycles. The second-order valence-corrected chi connectivity index (χ2v) is 7.08. The second kappa shape index (κ2) is 7.35. The summed E-state index contributed by atoms with van der Waals surface area (Å²) in [5.41, 5.74) is 7.05. The lowest BCUT2D eigenvalue weighted by molar-refractivity contribution is -0.126. The van der Waals surface area contributed by atoms with E-state index in [2.05, 4.69) is 29.4 Å². The Bertz CT molecular complexity index is 991. The molecule has 27 heavy (non-hydrogen) atoms. The van der Waals surface area contributed by atoms with Crippen LogP contribution in [0.4, 0.5) is 0 Å². The third kappa shape index (κ3) is 3.37. The molecule has 1 N–H and O–H groups in total. The molecule has 0 bridgehead atoms. The van der Waals surface area contributed by atoms with Gasteiger partial charge in [0.25, 0.3) is 0 Å². The Morgan fingerprint density at radius 2 is 1.93 bits per heavy atom. The van der Waals surface area contributed by atoms with Gasteiger partial charge in [0.05, 0.1) is 5.71 Å². The molecule has 0 aliphatic carbocycles. The van der Waals surface area contributed by atoms with Crippen molar-refractivity contribution in [3.8, 4) is 11.5 Å². The second-order valence-electron chi connectivity index (χ2n) is 7.08. The minimum Gasteiger partial charge on any atom is -0.436 e. The van der Waals surface area contributed by atoms with E-state index in [4.69, 9.17) is 4.42 Å². The summed E-state index contributed by atoms with van der Waals surface area (Å²) in [7, 11) is 0. The van der Waals surface area contributed by atoms with Crippen molar-refractivity contribution in [3.63, 3.8) is 0 Å². The summed E-state index contributed by atoms with van der Waals surface area (Å²) in [5, 5.41) is 4.35. The van der Waals surface area contributed by atoms with Gasteiger partial charge in [0, 0.05) is 23.0 Å². The molecular formula is C22H23N3O2. The number of aromatic nitrogens is 1. The Morgan fingerprint density at radius 1 is 1.11 bits per heavy atom. The highest BCUT2D eigenvalue weighted by Crippen LogP contribution is 2.29. The monoisotopic (exact) mass is 361 g/mol. The molecule has 138 valence electrons. The van der Waals surface area contributed by atoms with Crippen LogP contribution in [0.15, 0.2) is 58.0 Å². The normalized spacial score (nSPS) is 19.8. The third-order valence-electron chi connectivity index (χ3n) is 5.23. The van der Waals surface area contributed by atoms with E-state index in [1.165, 1.54) is 0 Å². The average molecular weight is 361 g/mol. The van der Waals surface area contributed by atoms with Crippen molar-refractivity contribution in [3.05, 3.63) is 54.1 Å². The number of hydrogen-bond donors (Lipinski definition) is 1. The SMILES string of the molecule is CCCCC1C(=O)NN=C(c2ccc3nc(-c4ccccc4)oc3c2)[C@H]1C. The number of hydrazone groups is 1. The number of fused-ring (bicyclic) bond motifs is 1. The van der Waals surface area contributed by atoms with Gasteiger partial charge in [0.2, 0.25) is 11.8 Å². The smallest absolute Gasteiger partial charge is 0.243 e. The van der Waals surface area contributed by atoms with E-state index in [1.54, 1.807) is 0 Å². The largest absolute Gasteiger partial charge is 0.436 e. The fraction of sp³-hybridized carbons (Fsp3) is 0.318. The van der Waals surface area contributed by atoms with Gasteiger partial charge in [-0.05, 0) is 30.7 Å². The lowest BCUT2D eigenvalue weighted by atomic mass is 9.82. The molecular weight excluding hydrogens is 338 g/mol.